The topological polar surface area (TPSA) is 118 Å². The fourth-order valence-corrected chi connectivity index (χ4v) is 3.57. The molecule has 2 N–H and O–H groups in total. The summed E-state index contributed by atoms with van der Waals surface area (Å²) >= 11 is 0. The van der Waals surface area contributed by atoms with Crippen molar-refractivity contribution in [1.82, 2.24) is 10.2 Å². The zero-order valence-electron chi connectivity index (χ0n) is 18.2. The van der Waals surface area contributed by atoms with E-state index in [4.69, 9.17) is 14.0 Å². The number of para-hydroxylation sites is 1. The van der Waals surface area contributed by atoms with Gasteiger partial charge in [0.1, 0.15) is 18.4 Å². The molecule has 0 radical (unpaired) electrons. The number of hydrogen-bond donors (Lipinski definition) is 2. The maximum atomic E-state index is 13.0. The molecule has 4 rings (SSSR count). The van der Waals surface area contributed by atoms with Crippen molar-refractivity contribution in [3.63, 3.8) is 0 Å². The maximum Gasteiger partial charge on any atom is 0.432 e. The van der Waals surface area contributed by atoms with E-state index in [1.54, 1.807) is 24.3 Å². The van der Waals surface area contributed by atoms with Crippen LogP contribution < -0.4 is 20.4 Å². The number of hydrogen-bond acceptors (Lipinski definition) is 6. The summed E-state index contributed by atoms with van der Waals surface area (Å²) < 4.78 is 17.4. The van der Waals surface area contributed by atoms with Crippen LogP contribution in [0, 0.1) is 0 Å². The number of amides is 2. The maximum absolute atomic E-state index is 13.0. The average molecular weight is 453 g/mol. The summed E-state index contributed by atoms with van der Waals surface area (Å²) in [5.74, 6) is 0.00193. The van der Waals surface area contributed by atoms with Gasteiger partial charge in [-0.25, -0.2) is 4.79 Å². The van der Waals surface area contributed by atoms with Gasteiger partial charge in [0, 0.05) is 24.4 Å². The van der Waals surface area contributed by atoms with Gasteiger partial charge in [-0.3, -0.25) is 14.1 Å². The molecule has 2 amide bonds. The van der Waals surface area contributed by atoms with E-state index in [2.05, 4.69) is 10.6 Å². The highest BCUT2D eigenvalue weighted by molar-refractivity contribution is 5.95. The number of carbonyl (C=O) groups excluding carboxylic acids is 2. The number of nitrogens with zero attached hydrogens (tertiary/aromatic N) is 2. The summed E-state index contributed by atoms with van der Waals surface area (Å²) in [7, 11) is 0. The molecule has 0 spiro atoms. The molecule has 172 valence electrons. The van der Waals surface area contributed by atoms with Gasteiger partial charge in [0.25, 0.3) is 5.91 Å². The predicted octanol–water partition coefficient (Wildman–Crippen LogP) is 1.40. The molecule has 10 heteroatoms. The van der Waals surface area contributed by atoms with E-state index >= 15 is 0 Å². The van der Waals surface area contributed by atoms with Crippen LogP contribution in [0.3, 0.4) is 0 Å². The third-order valence-corrected chi connectivity index (χ3v) is 5.18. The number of carbonyl (C=O) groups is 2. The van der Waals surface area contributed by atoms with Crippen LogP contribution in [0.25, 0.3) is 5.69 Å². The lowest BCUT2D eigenvalue weighted by Gasteiger charge is -2.30. The molecule has 3 aromatic rings. The highest BCUT2D eigenvalue weighted by atomic mass is 16.5. The van der Waals surface area contributed by atoms with Crippen molar-refractivity contribution in [2.75, 3.05) is 25.1 Å². The van der Waals surface area contributed by atoms with E-state index in [-0.39, 0.29) is 37.1 Å². The zero-order chi connectivity index (χ0) is 23.2. The van der Waals surface area contributed by atoms with Crippen molar-refractivity contribution in [3.05, 3.63) is 70.7 Å². The van der Waals surface area contributed by atoms with Crippen molar-refractivity contribution >= 4 is 17.5 Å². The highest BCUT2D eigenvalue weighted by Gasteiger charge is 2.35. The summed E-state index contributed by atoms with van der Waals surface area (Å²) in [6, 6.07) is 16.1. The minimum Gasteiger partial charge on any atom is -0.494 e. The Kier molecular flexibility index (Phi) is 6.84. The van der Waals surface area contributed by atoms with Crippen molar-refractivity contribution in [2.45, 2.75) is 26.0 Å². The highest BCUT2D eigenvalue weighted by Crippen LogP contribution is 2.17. The monoisotopic (exact) mass is 453 g/mol. The molecule has 1 atom stereocenters. The summed E-state index contributed by atoms with van der Waals surface area (Å²) in [6.07, 6.45) is -1.07. The standard InChI is InChI=1S/C23H24N4O6/c1-2-31-18-10-8-16(9-11-18)24-21(28)14-20-22(29)26(12-13-32-20)15-19-23(30)33-25-27(19)17-6-4-3-5-7-17/h3-11,20H,2,12-15H2,1H3,(H-,24,25,28,30)/p+1. The van der Waals surface area contributed by atoms with Crippen molar-refractivity contribution in [1.29, 1.82) is 0 Å². The van der Waals surface area contributed by atoms with Gasteiger partial charge in [0.2, 0.25) is 11.6 Å². The summed E-state index contributed by atoms with van der Waals surface area (Å²) in [5, 5.41) is 5.32. The van der Waals surface area contributed by atoms with Crippen LogP contribution >= 0.6 is 0 Å². The Morgan fingerprint density at radius 2 is 1.94 bits per heavy atom. The number of rotatable bonds is 8. The van der Waals surface area contributed by atoms with E-state index in [1.807, 2.05) is 37.3 Å². The molecule has 1 aromatic heterocycles. The van der Waals surface area contributed by atoms with Crippen molar-refractivity contribution in [2.24, 2.45) is 0 Å². The quantitative estimate of drug-likeness (QED) is 0.498. The Morgan fingerprint density at radius 1 is 1.18 bits per heavy atom. The molecular formula is C23H25N4O6+. The SMILES string of the molecule is CCOc1ccc(NC(=O)CC2OCCN(Cc3c(=O)o[nH][n+]3-c3ccccc3)C2=O)cc1. The first kappa shape index (κ1) is 22.3. The molecule has 0 bridgehead atoms. The second-order valence-corrected chi connectivity index (χ2v) is 7.43. The molecule has 10 nitrogen and oxygen atoms in total. The van der Waals surface area contributed by atoms with E-state index < -0.39 is 11.7 Å². The Hall–Kier alpha value is -3.92. The van der Waals surface area contributed by atoms with Gasteiger partial charge < -0.3 is 19.7 Å². The minimum atomic E-state index is -0.933. The molecule has 1 unspecified atom stereocenters. The second kappa shape index (κ2) is 10.1. The number of aromatic nitrogens is 2. The first-order chi connectivity index (χ1) is 16.0. The molecule has 0 aliphatic carbocycles. The molecule has 1 aliphatic rings. The van der Waals surface area contributed by atoms with Gasteiger partial charge in [-0.2, -0.15) is 0 Å². The van der Waals surface area contributed by atoms with Gasteiger partial charge in [0.15, 0.2) is 0 Å². The van der Waals surface area contributed by atoms with E-state index in [1.165, 1.54) is 9.58 Å². The van der Waals surface area contributed by atoms with E-state index in [0.29, 0.717) is 30.3 Å². The third kappa shape index (κ3) is 5.29. The van der Waals surface area contributed by atoms with Crippen LogP contribution in [0.1, 0.15) is 19.0 Å². The number of aromatic amines is 1. The van der Waals surface area contributed by atoms with E-state index in [9.17, 15) is 14.4 Å². The molecular weight excluding hydrogens is 428 g/mol. The van der Waals surface area contributed by atoms with E-state index in [0.717, 1.165) is 0 Å². The number of anilines is 1. The molecule has 33 heavy (non-hydrogen) atoms. The number of ether oxygens (including phenoxy) is 2. The smallest absolute Gasteiger partial charge is 0.432 e. The van der Waals surface area contributed by atoms with Crippen LogP contribution in [0.5, 0.6) is 5.75 Å². The van der Waals surface area contributed by atoms with Gasteiger partial charge in [0.05, 0.1) is 19.6 Å². The van der Waals surface area contributed by atoms with Crippen molar-refractivity contribution < 1.29 is 28.3 Å². The number of nitrogens with one attached hydrogen (secondary N) is 2. The molecule has 0 saturated carbocycles. The third-order valence-electron chi connectivity index (χ3n) is 5.18. The van der Waals surface area contributed by atoms with Crippen LogP contribution in [0.15, 0.2) is 63.9 Å². The van der Waals surface area contributed by atoms with Gasteiger partial charge in [-0.05, 0) is 41.1 Å². The first-order valence-electron chi connectivity index (χ1n) is 10.7. The largest absolute Gasteiger partial charge is 0.494 e. The second-order valence-electron chi connectivity index (χ2n) is 7.43. The summed E-state index contributed by atoms with van der Waals surface area (Å²) in [6.45, 7) is 3.03. The Bertz CT molecular complexity index is 1160. The lowest BCUT2D eigenvalue weighted by Crippen LogP contribution is -2.51. The molecule has 1 aliphatic heterocycles. The summed E-state index contributed by atoms with van der Waals surface area (Å²) in [5.41, 5.74) is 1.000. The Balaban J connectivity index is 1.40. The van der Waals surface area contributed by atoms with Gasteiger partial charge in [-0.15, -0.1) is 0 Å². The molecule has 1 saturated heterocycles. The average Bonchev–Trinajstić information content (AvgIpc) is 3.18. The fourth-order valence-electron chi connectivity index (χ4n) is 3.57. The predicted molar refractivity (Wildman–Crippen MR) is 117 cm³/mol. The molecule has 2 heterocycles. The molecule has 1 fully saturated rings. The Morgan fingerprint density at radius 3 is 2.67 bits per heavy atom. The minimum absolute atomic E-state index is 0.0277. The number of H-pyrrole nitrogens is 1. The number of morpholine rings is 1. The van der Waals surface area contributed by atoms with Crippen molar-refractivity contribution in [3.8, 4) is 11.4 Å². The van der Waals surface area contributed by atoms with Crippen LogP contribution in [0.2, 0.25) is 0 Å². The lowest BCUT2D eigenvalue weighted by molar-refractivity contribution is -0.678. The fraction of sp³-hybridized carbons (Fsp3) is 0.304. The van der Waals surface area contributed by atoms with Crippen LogP contribution in [-0.2, 0) is 20.9 Å². The zero-order valence-corrected chi connectivity index (χ0v) is 18.2. The first-order valence-corrected chi connectivity index (χ1v) is 10.7. The number of benzene rings is 2. The van der Waals surface area contributed by atoms with Crippen LogP contribution in [0.4, 0.5) is 5.69 Å². The van der Waals surface area contributed by atoms with Gasteiger partial charge in [-0.1, -0.05) is 18.2 Å². The Labute approximate surface area is 189 Å². The summed E-state index contributed by atoms with van der Waals surface area (Å²) in [4.78, 5) is 39.2. The molecule has 2 aromatic carbocycles. The normalized spacial score (nSPS) is 16.0. The lowest BCUT2D eigenvalue weighted by atomic mass is 10.1. The van der Waals surface area contributed by atoms with Gasteiger partial charge >= 0.3 is 11.3 Å². The van der Waals surface area contributed by atoms with Crippen LogP contribution in [-0.4, -0.2) is 47.8 Å².